The first-order chi connectivity index (χ1) is 26.4. The summed E-state index contributed by atoms with van der Waals surface area (Å²) in [4.78, 5) is 0. The van der Waals surface area contributed by atoms with Crippen LogP contribution in [0.5, 0.6) is 5.75 Å². The Labute approximate surface area is 347 Å². The first-order valence-corrected chi connectivity index (χ1v) is 27.0. The van der Waals surface area contributed by atoms with Crippen LogP contribution in [0.1, 0.15) is 100 Å². The fraction of sp³-hybridized carbons (Fsp3) is 0.818. The lowest BCUT2D eigenvalue weighted by Crippen LogP contribution is -2.62. The smallest absolute Gasteiger partial charge is 0.192 e. The van der Waals surface area contributed by atoms with Gasteiger partial charge >= 0.3 is 0 Å². The monoisotopic (exact) mass is 839 g/mol. The first kappa shape index (κ1) is 48.5. The molecule has 57 heavy (non-hydrogen) atoms. The third-order valence-electron chi connectivity index (χ3n) is 12.0. The second kappa shape index (κ2) is 20.1. The Hall–Kier alpha value is -1.21. The van der Waals surface area contributed by atoms with Gasteiger partial charge in [0, 0.05) is 6.61 Å². The van der Waals surface area contributed by atoms with Crippen molar-refractivity contribution in [2.24, 2.45) is 0 Å². The molecule has 0 amide bonds. The van der Waals surface area contributed by atoms with Gasteiger partial charge < -0.3 is 51.5 Å². The Morgan fingerprint density at radius 2 is 1.49 bits per heavy atom. The van der Waals surface area contributed by atoms with E-state index in [1.807, 2.05) is 52.0 Å². The van der Waals surface area contributed by atoms with Crippen molar-refractivity contribution in [1.29, 1.82) is 0 Å². The number of hydrogen-bond donors (Lipinski definition) is 0. The maximum absolute atomic E-state index is 7.07. The molecule has 1 aromatic carbocycles. The Morgan fingerprint density at radius 3 is 2.11 bits per heavy atom. The number of ether oxygens (including phenoxy) is 9. The molecule has 3 fully saturated rings. The molecule has 0 unspecified atom stereocenters. The third-order valence-corrected chi connectivity index (χ3v) is 21.0. The van der Waals surface area contributed by atoms with Gasteiger partial charge in [-0.3, -0.25) is 0 Å². The standard InChI is InChI=1S/C44H78O11Si2/c1-41(2,3)56(12,13)50-30-34(21-19-17-16-18-20-26-46-27-32-22-24-33(45-11)25-23-32)47-31-36-37-38(54-44(9,10)53-37)39(55-57(14,15)42(4,5)6)40(51-36)48-28-35-29-49-43(7,8)52-35/h17,19,22-25,34-40H,16,18,20-21,26-31H2,1-15H3/b19-17-/t34-,35-,36+,37-,38-,39+,40+/m0/s1. The van der Waals surface area contributed by atoms with Crippen molar-refractivity contribution in [2.45, 2.75) is 192 Å². The van der Waals surface area contributed by atoms with Crippen LogP contribution in [0, 0.1) is 0 Å². The van der Waals surface area contributed by atoms with Crippen LogP contribution in [-0.2, 0) is 53.4 Å². The molecular weight excluding hydrogens is 761 g/mol. The van der Waals surface area contributed by atoms with E-state index in [1.54, 1.807) is 7.11 Å². The SMILES string of the molecule is COc1ccc(COCCCC/C=C\C[C@@H](CO[Si](C)(C)C(C)(C)C)OC[C@H]2O[C@@H](OC[C@H]3COC(C)(C)O3)[C@H](O[Si](C)(C)C(C)(C)C)[C@H]3OC(C)(C)O[C@H]32)cc1. The lowest BCUT2D eigenvalue weighted by molar-refractivity contribution is -0.287. The van der Waals surface area contributed by atoms with Gasteiger partial charge in [0.05, 0.1) is 46.2 Å². The van der Waals surface area contributed by atoms with Crippen LogP contribution in [0.4, 0.5) is 0 Å². The lowest BCUT2D eigenvalue weighted by Gasteiger charge is -2.47. The highest BCUT2D eigenvalue weighted by atomic mass is 28.4. The number of methoxy groups -OCH3 is 1. The second-order valence-electron chi connectivity index (χ2n) is 19.9. The van der Waals surface area contributed by atoms with E-state index < -0.39 is 58.9 Å². The van der Waals surface area contributed by atoms with Crippen molar-refractivity contribution in [1.82, 2.24) is 0 Å². The first-order valence-electron chi connectivity index (χ1n) is 21.2. The third kappa shape index (κ3) is 14.5. The normalized spacial score (nSPS) is 27.2. The molecule has 0 aliphatic carbocycles. The molecule has 7 atom stereocenters. The van der Waals surface area contributed by atoms with E-state index in [-0.39, 0.29) is 28.9 Å². The highest BCUT2D eigenvalue weighted by molar-refractivity contribution is 6.74. The van der Waals surface area contributed by atoms with Gasteiger partial charge in [-0.1, -0.05) is 65.8 Å². The van der Waals surface area contributed by atoms with Crippen molar-refractivity contribution in [2.75, 3.05) is 40.1 Å². The average Bonchev–Trinajstić information content (AvgIpc) is 3.64. The van der Waals surface area contributed by atoms with Gasteiger partial charge in [-0.25, -0.2) is 0 Å². The van der Waals surface area contributed by atoms with Gasteiger partial charge in [0.1, 0.15) is 36.3 Å². The number of fused-ring (bicyclic) bond motifs is 1. The van der Waals surface area contributed by atoms with E-state index in [4.69, 9.17) is 51.5 Å². The van der Waals surface area contributed by atoms with E-state index in [2.05, 4.69) is 79.9 Å². The minimum atomic E-state index is -2.29. The van der Waals surface area contributed by atoms with Crippen LogP contribution in [0.3, 0.4) is 0 Å². The van der Waals surface area contributed by atoms with Crippen molar-refractivity contribution in [3.63, 3.8) is 0 Å². The fourth-order valence-corrected chi connectivity index (χ4v) is 8.79. The van der Waals surface area contributed by atoms with Crippen LogP contribution in [0.15, 0.2) is 36.4 Å². The summed E-state index contributed by atoms with van der Waals surface area (Å²) in [5.41, 5.74) is 1.15. The lowest BCUT2D eigenvalue weighted by atomic mass is 9.99. The Bertz CT molecular complexity index is 1390. The largest absolute Gasteiger partial charge is 0.497 e. The molecule has 3 aliphatic heterocycles. The molecule has 3 aliphatic rings. The minimum absolute atomic E-state index is 0.0368. The molecule has 1 aromatic rings. The number of unbranched alkanes of at least 4 members (excludes halogenated alkanes) is 2. The van der Waals surface area contributed by atoms with Gasteiger partial charge in [0.2, 0.25) is 0 Å². The van der Waals surface area contributed by atoms with Gasteiger partial charge in [-0.2, -0.15) is 0 Å². The molecule has 0 radical (unpaired) electrons. The molecule has 0 spiro atoms. The fourth-order valence-electron chi connectivity index (χ4n) is 6.47. The van der Waals surface area contributed by atoms with Gasteiger partial charge in [0.15, 0.2) is 34.5 Å². The van der Waals surface area contributed by atoms with Crippen LogP contribution < -0.4 is 4.74 Å². The van der Waals surface area contributed by atoms with E-state index in [0.29, 0.717) is 26.4 Å². The highest BCUT2D eigenvalue weighted by Crippen LogP contribution is 2.44. The maximum Gasteiger partial charge on any atom is 0.192 e. The zero-order valence-electron chi connectivity index (χ0n) is 38.1. The molecule has 3 heterocycles. The molecule has 13 heteroatoms. The molecule has 11 nitrogen and oxygen atoms in total. The van der Waals surface area contributed by atoms with E-state index in [0.717, 1.165) is 43.6 Å². The van der Waals surface area contributed by atoms with Crippen molar-refractivity contribution < 1.29 is 51.5 Å². The summed E-state index contributed by atoms with van der Waals surface area (Å²) < 4.78 is 70.2. The summed E-state index contributed by atoms with van der Waals surface area (Å²) in [7, 11) is -2.64. The zero-order valence-corrected chi connectivity index (χ0v) is 40.1. The number of benzene rings is 1. The molecule has 0 bridgehead atoms. The Balaban J connectivity index is 1.41. The summed E-state index contributed by atoms with van der Waals surface area (Å²) in [6, 6.07) is 8.01. The molecule has 3 saturated heterocycles. The Morgan fingerprint density at radius 1 is 0.825 bits per heavy atom. The van der Waals surface area contributed by atoms with Gasteiger partial charge in [-0.05, 0) is 107 Å². The zero-order chi connectivity index (χ0) is 42.3. The minimum Gasteiger partial charge on any atom is -0.497 e. The predicted octanol–water partition coefficient (Wildman–Crippen LogP) is 9.54. The summed E-state index contributed by atoms with van der Waals surface area (Å²) >= 11 is 0. The maximum atomic E-state index is 7.07. The predicted molar refractivity (Wildman–Crippen MR) is 229 cm³/mol. The van der Waals surface area contributed by atoms with E-state index in [9.17, 15) is 0 Å². The summed E-state index contributed by atoms with van der Waals surface area (Å²) in [5, 5.41) is 0.0427. The topological polar surface area (TPSA) is 102 Å². The van der Waals surface area contributed by atoms with Crippen LogP contribution >= 0.6 is 0 Å². The molecule has 328 valence electrons. The molecule has 0 N–H and O–H groups in total. The highest BCUT2D eigenvalue weighted by Gasteiger charge is 2.58. The average molecular weight is 839 g/mol. The number of rotatable bonds is 21. The summed E-state index contributed by atoms with van der Waals surface area (Å²) in [5.74, 6) is -0.635. The van der Waals surface area contributed by atoms with Crippen LogP contribution in [0.25, 0.3) is 0 Å². The molecule has 0 aromatic heterocycles. The van der Waals surface area contributed by atoms with Crippen LogP contribution in [-0.4, -0.2) is 111 Å². The molecule has 4 rings (SSSR count). The van der Waals surface area contributed by atoms with Crippen molar-refractivity contribution >= 4 is 16.6 Å². The van der Waals surface area contributed by atoms with E-state index >= 15 is 0 Å². The Kier molecular flexibility index (Phi) is 17.1. The van der Waals surface area contributed by atoms with Crippen molar-refractivity contribution in [3.8, 4) is 5.75 Å². The summed E-state index contributed by atoms with van der Waals surface area (Å²) in [6.45, 7) is 33.1. The number of hydrogen-bond acceptors (Lipinski definition) is 11. The molecular formula is C44H78O11Si2. The number of allylic oxidation sites excluding steroid dienone is 1. The van der Waals surface area contributed by atoms with E-state index in [1.165, 1.54) is 0 Å². The van der Waals surface area contributed by atoms with Gasteiger partial charge in [0.25, 0.3) is 0 Å². The summed E-state index contributed by atoms with van der Waals surface area (Å²) in [6.07, 6.45) is 5.29. The van der Waals surface area contributed by atoms with Gasteiger partial charge in [-0.15, -0.1) is 0 Å². The van der Waals surface area contributed by atoms with Crippen LogP contribution in [0.2, 0.25) is 36.3 Å². The van der Waals surface area contributed by atoms with Crippen molar-refractivity contribution in [3.05, 3.63) is 42.0 Å². The molecule has 0 saturated carbocycles. The quantitative estimate of drug-likeness (QED) is 0.0673. The second-order valence-corrected chi connectivity index (χ2v) is 29.4.